The maximum absolute atomic E-state index is 12.4. The molecule has 0 saturated carbocycles. The highest BCUT2D eigenvalue weighted by molar-refractivity contribution is 5.94. The van der Waals surface area contributed by atoms with Gasteiger partial charge >= 0.3 is 0 Å². The van der Waals surface area contributed by atoms with Crippen molar-refractivity contribution in [1.29, 1.82) is 0 Å². The van der Waals surface area contributed by atoms with E-state index in [4.69, 9.17) is 0 Å². The first kappa shape index (κ1) is 14.2. The normalized spacial score (nSPS) is 10.6. The van der Waals surface area contributed by atoms with Gasteiger partial charge in [0.1, 0.15) is 12.2 Å². The maximum Gasteiger partial charge on any atom is 0.275 e. The van der Waals surface area contributed by atoms with E-state index in [1.807, 2.05) is 83.8 Å². The van der Waals surface area contributed by atoms with E-state index in [1.54, 1.807) is 0 Å². The summed E-state index contributed by atoms with van der Waals surface area (Å²) in [5, 5.41) is 4.55. The molecule has 0 fully saturated rings. The minimum atomic E-state index is 0.0874. The first-order valence-corrected chi connectivity index (χ1v) is 7.26. The molecule has 0 radical (unpaired) electrons. The summed E-state index contributed by atoms with van der Waals surface area (Å²) in [6.07, 6.45) is 0. The van der Waals surface area contributed by atoms with Crippen LogP contribution in [0.5, 0.6) is 0 Å². The van der Waals surface area contributed by atoms with Crippen LogP contribution in [0, 0.1) is 13.8 Å². The molecule has 0 atom stereocenters. The number of carbonyl (C=O) groups is 1. The van der Waals surface area contributed by atoms with E-state index in [-0.39, 0.29) is 5.78 Å². The van der Waals surface area contributed by atoms with Gasteiger partial charge in [-0.3, -0.25) is 4.79 Å². The van der Waals surface area contributed by atoms with Crippen molar-refractivity contribution in [2.75, 3.05) is 0 Å². The highest BCUT2D eigenvalue weighted by Gasteiger charge is 2.22. The Morgan fingerprint density at radius 1 is 1.00 bits per heavy atom. The van der Waals surface area contributed by atoms with Crippen LogP contribution < -0.4 is 4.57 Å². The summed E-state index contributed by atoms with van der Waals surface area (Å²) in [7, 11) is 0. The van der Waals surface area contributed by atoms with Crippen molar-refractivity contribution in [3.8, 4) is 5.69 Å². The fraction of sp³-hybridized carbons (Fsp3) is 0.167. The van der Waals surface area contributed by atoms with Gasteiger partial charge in [0.2, 0.25) is 5.82 Å². The highest BCUT2D eigenvalue weighted by Crippen LogP contribution is 2.08. The van der Waals surface area contributed by atoms with Crippen LogP contribution in [0.2, 0.25) is 0 Å². The van der Waals surface area contributed by atoms with Crippen molar-refractivity contribution in [1.82, 2.24) is 9.78 Å². The summed E-state index contributed by atoms with van der Waals surface area (Å²) in [6.45, 7) is 4.20. The predicted octanol–water partition coefficient (Wildman–Crippen LogP) is 2.66. The third-order valence-electron chi connectivity index (χ3n) is 3.73. The molecule has 2 aromatic carbocycles. The third-order valence-corrected chi connectivity index (χ3v) is 3.73. The van der Waals surface area contributed by atoms with Crippen LogP contribution in [0.25, 0.3) is 5.69 Å². The van der Waals surface area contributed by atoms with Crippen molar-refractivity contribution in [2.24, 2.45) is 0 Å². The van der Waals surface area contributed by atoms with E-state index in [0.29, 0.717) is 6.54 Å². The Balaban J connectivity index is 1.93. The number of Topliss-reactive ketones (excluding diaryl/α,β-unsaturated/α-hetero) is 1. The van der Waals surface area contributed by atoms with Gasteiger partial charge in [-0.05, 0) is 12.1 Å². The molecule has 4 heteroatoms. The largest absolute Gasteiger partial charge is 0.291 e. The Kier molecular flexibility index (Phi) is 3.83. The number of para-hydroxylation sites is 1. The predicted molar refractivity (Wildman–Crippen MR) is 84.0 cm³/mol. The second kappa shape index (κ2) is 5.93. The number of aryl methyl sites for hydroxylation is 1. The zero-order chi connectivity index (χ0) is 15.5. The molecule has 0 saturated heterocycles. The molecule has 0 aliphatic rings. The van der Waals surface area contributed by atoms with Gasteiger partial charge in [0.15, 0.2) is 5.78 Å². The Morgan fingerprint density at radius 2 is 1.59 bits per heavy atom. The standard InChI is InChI=1S/C18H18N3O/c1-14-19-21(17-11-7-4-8-12-17)15(2)20(14)13-18(22)16-9-5-3-6-10-16/h3-12H,13H2,1-2H3/q+1. The zero-order valence-electron chi connectivity index (χ0n) is 12.7. The summed E-state index contributed by atoms with van der Waals surface area (Å²) in [4.78, 5) is 12.4. The van der Waals surface area contributed by atoms with Crippen molar-refractivity contribution in [3.05, 3.63) is 77.9 Å². The van der Waals surface area contributed by atoms with Crippen molar-refractivity contribution in [3.63, 3.8) is 0 Å². The van der Waals surface area contributed by atoms with Crippen LogP contribution in [-0.4, -0.2) is 15.6 Å². The molecule has 0 N–H and O–H groups in total. The van der Waals surface area contributed by atoms with Gasteiger partial charge in [0.25, 0.3) is 5.82 Å². The van der Waals surface area contributed by atoms with Gasteiger partial charge < -0.3 is 0 Å². The van der Waals surface area contributed by atoms with E-state index >= 15 is 0 Å². The number of nitrogens with zero attached hydrogens (tertiary/aromatic N) is 3. The summed E-state index contributed by atoms with van der Waals surface area (Å²) in [5.41, 5.74) is 1.72. The molecule has 1 aromatic heterocycles. The molecule has 0 bridgehead atoms. The van der Waals surface area contributed by atoms with Gasteiger partial charge in [-0.2, -0.15) is 0 Å². The molecule has 0 aliphatic carbocycles. The minimum absolute atomic E-state index is 0.0874. The Hall–Kier alpha value is -2.75. The lowest BCUT2D eigenvalue weighted by atomic mass is 10.1. The first-order chi connectivity index (χ1) is 10.7. The lowest BCUT2D eigenvalue weighted by Gasteiger charge is -2.01. The number of carbonyl (C=O) groups excluding carboxylic acids is 1. The van der Waals surface area contributed by atoms with Crippen molar-refractivity contribution in [2.45, 2.75) is 20.4 Å². The molecular formula is C18H18N3O+. The summed E-state index contributed by atoms with van der Waals surface area (Å²) >= 11 is 0. The highest BCUT2D eigenvalue weighted by atomic mass is 16.1. The van der Waals surface area contributed by atoms with Crippen LogP contribution >= 0.6 is 0 Å². The Labute approximate surface area is 129 Å². The zero-order valence-corrected chi connectivity index (χ0v) is 12.7. The third kappa shape index (κ3) is 2.68. The summed E-state index contributed by atoms with van der Waals surface area (Å²) in [6, 6.07) is 19.3. The topological polar surface area (TPSA) is 38.8 Å². The van der Waals surface area contributed by atoms with Gasteiger partial charge in [-0.25, -0.2) is 4.57 Å². The number of rotatable bonds is 4. The maximum atomic E-state index is 12.4. The van der Waals surface area contributed by atoms with E-state index in [9.17, 15) is 4.79 Å². The van der Waals surface area contributed by atoms with Crippen LogP contribution in [0.4, 0.5) is 0 Å². The molecule has 3 aromatic rings. The molecule has 0 aliphatic heterocycles. The lowest BCUT2D eigenvalue weighted by molar-refractivity contribution is -0.695. The fourth-order valence-corrected chi connectivity index (χ4v) is 2.52. The second-order valence-corrected chi connectivity index (χ2v) is 5.22. The van der Waals surface area contributed by atoms with E-state index in [0.717, 1.165) is 22.9 Å². The number of ketones is 1. The monoisotopic (exact) mass is 292 g/mol. The molecule has 0 amide bonds. The average molecular weight is 292 g/mol. The van der Waals surface area contributed by atoms with Gasteiger partial charge in [0, 0.05) is 24.5 Å². The van der Waals surface area contributed by atoms with E-state index < -0.39 is 0 Å². The van der Waals surface area contributed by atoms with E-state index in [2.05, 4.69) is 5.10 Å². The van der Waals surface area contributed by atoms with Crippen LogP contribution in [0.15, 0.2) is 60.7 Å². The Morgan fingerprint density at radius 3 is 2.23 bits per heavy atom. The molecule has 0 unspecified atom stereocenters. The Bertz CT molecular complexity index is 792. The second-order valence-electron chi connectivity index (χ2n) is 5.22. The SMILES string of the molecule is Cc1nn(-c2ccccc2)c(C)[n+]1CC(=O)c1ccccc1. The number of aromatic nitrogens is 3. The number of benzene rings is 2. The van der Waals surface area contributed by atoms with Gasteiger partial charge in [-0.15, -0.1) is 0 Å². The average Bonchev–Trinajstić information content (AvgIpc) is 2.84. The molecule has 3 rings (SSSR count). The molecule has 4 nitrogen and oxygen atoms in total. The lowest BCUT2D eigenvalue weighted by Crippen LogP contribution is -2.42. The van der Waals surface area contributed by atoms with E-state index in [1.165, 1.54) is 0 Å². The van der Waals surface area contributed by atoms with Crippen LogP contribution in [-0.2, 0) is 6.54 Å². The van der Waals surface area contributed by atoms with Crippen molar-refractivity contribution < 1.29 is 9.36 Å². The van der Waals surface area contributed by atoms with Gasteiger partial charge in [0.05, 0.1) is 0 Å². The molecule has 22 heavy (non-hydrogen) atoms. The fourth-order valence-electron chi connectivity index (χ4n) is 2.52. The summed E-state index contributed by atoms with van der Waals surface area (Å²) < 4.78 is 3.82. The number of hydrogen-bond acceptors (Lipinski definition) is 2. The molecule has 110 valence electrons. The van der Waals surface area contributed by atoms with Gasteiger partial charge in [-0.1, -0.05) is 53.2 Å². The first-order valence-electron chi connectivity index (χ1n) is 7.26. The number of hydrogen-bond donors (Lipinski definition) is 0. The smallest absolute Gasteiger partial charge is 0.275 e. The quantitative estimate of drug-likeness (QED) is 0.548. The van der Waals surface area contributed by atoms with Crippen LogP contribution in [0.1, 0.15) is 22.0 Å². The minimum Gasteiger partial charge on any atom is -0.291 e. The van der Waals surface area contributed by atoms with Crippen molar-refractivity contribution >= 4 is 5.78 Å². The molecule has 1 heterocycles. The van der Waals surface area contributed by atoms with Crippen LogP contribution in [0.3, 0.4) is 0 Å². The molecular weight excluding hydrogens is 274 g/mol. The molecule has 0 spiro atoms. The summed E-state index contributed by atoms with van der Waals surface area (Å²) in [5.74, 6) is 1.85.